The minimum Gasteiger partial charge on any atom is -0.329 e. The molecule has 4 nitrogen and oxygen atoms in total. The second-order valence-electron chi connectivity index (χ2n) is 8.44. The van der Waals surface area contributed by atoms with Crippen molar-refractivity contribution >= 4 is 28.8 Å². The van der Waals surface area contributed by atoms with E-state index in [0.717, 1.165) is 10.4 Å². The van der Waals surface area contributed by atoms with E-state index in [1.807, 2.05) is 53.6 Å². The molecule has 3 aromatic rings. The number of anilines is 1. The zero-order valence-corrected chi connectivity index (χ0v) is 19.3. The summed E-state index contributed by atoms with van der Waals surface area (Å²) in [4.78, 5) is 32.2. The van der Waals surface area contributed by atoms with E-state index in [1.165, 1.54) is 12.1 Å². The predicted molar refractivity (Wildman–Crippen MR) is 127 cm³/mol. The number of benzene rings is 2. The van der Waals surface area contributed by atoms with Crippen LogP contribution in [0.15, 0.2) is 66.0 Å². The molecule has 0 N–H and O–H groups in total. The van der Waals surface area contributed by atoms with Crippen molar-refractivity contribution in [3.63, 3.8) is 0 Å². The number of hydrogen-bond acceptors (Lipinski definition) is 3. The summed E-state index contributed by atoms with van der Waals surface area (Å²) in [7, 11) is 0. The molecule has 1 aliphatic heterocycles. The average Bonchev–Trinajstić information content (AvgIpc) is 3.31. The van der Waals surface area contributed by atoms with E-state index in [1.54, 1.807) is 28.4 Å². The van der Waals surface area contributed by atoms with Crippen molar-refractivity contribution in [2.75, 3.05) is 18.0 Å². The van der Waals surface area contributed by atoms with E-state index in [-0.39, 0.29) is 29.6 Å². The number of halogens is 1. The van der Waals surface area contributed by atoms with Crippen LogP contribution < -0.4 is 4.90 Å². The van der Waals surface area contributed by atoms with Gasteiger partial charge in [0.1, 0.15) is 5.82 Å². The molecule has 0 saturated carbocycles. The van der Waals surface area contributed by atoms with Crippen LogP contribution in [0.5, 0.6) is 0 Å². The summed E-state index contributed by atoms with van der Waals surface area (Å²) >= 11 is 1.56. The summed E-state index contributed by atoms with van der Waals surface area (Å²) in [6.07, 6.45) is 0. The lowest BCUT2D eigenvalue weighted by atomic mass is 9.80. The van der Waals surface area contributed by atoms with Crippen molar-refractivity contribution in [3.8, 4) is 0 Å². The first-order valence-electron chi connectivity index (χ1n) is 10.9. The maximum absolute atomic E-state index is 14.1. The monoisotopic (exact) mass is 450 g/mol. The van der Waals surface area contributed by atoms with Gasteiger partial charge in [0.25, 0.3) is 5.91 Å². The number of rotatable bonds is 6. The number of thiophene rings is 1. The summed E-state index contributed by atoms with van der Waals surface area (Å²) in [5.74, 6) is -0.772. The number of nitrogens with zero attached hydrogens (tertiary/aromatic N) is 2. The van der Waals surface area contributed by atoms with Gasteiger partial charge in [-0.25, -0.2) is 4.39 Å². The fourth-order valence-electron chi connectivity index (χ4n) is 4.48. The van der Waals surface area contributed by atoms with Crippen LogP contribution in [0, 0.1) is 11.7 Å². The molecule has 2 amide bonds. The molecule has 2 atom stereocenters. The maximum atomic E-state index is 14.1. The second kappa shape index (κ2) is 9.25. The van der Waals surface area contributed by atoms with Gasteiger partial charge in [-0.1, -0.05) is 38.1 Å². The van der Waals surface area contributed by atoms with Gasteiger partial charge < -0.3 is 9.80 Å². The van der Waals surface area contributed by atoms with Crippen molar-refractivity contribution in [1.29, 1.82) is 0 Å². The molecule has 0 radical (unpaired) electrons. The van der Waals surface area contributed by atoms with Crippen LogP contribution in [0.25, 0.3) is 0 Å². The quantitative estimate of drug-likeness (QED) is 0.471. The molecule has 0 aliphatic carbocycles. The highest BCUT2D eigenvalue weighted by molar-refractivity contribution is 7.10. The zero-order valence-electron chi connectivity index (χ0n) is 18.5. The Kier molecular flexibility index (Phi) is 6.42. The lowest BCUT2D eigenvalue weighted by Crippen LogP contribution is -2.49. The molecule has 0 saturated heterocycles. The highest BCUT2D eigenvalue weighted by atomic mass is 32.1. The number of likely N-dealkylation sites (N-methyl/N-ethyl adjacent to an activating group) is 1. The Labute approximate surface area is 192 Å². The molecule has 2 heterocycles. The Morgan fingerprint density at radius 2 is 1.81 bits per heavy atom. The minimum absolute atomic E-state index is 0.0402. The summed E-state index contributed by atoms with van der Waals surface area (Å²) < 4.78 is 13.5. The van der Waals surface area contributed by atoms with Gasteiger partial charge in [-0.3, -0.25) is 9.59 Å². The van der Waals surface area contributed by atoms with E-state index in [9.17, 15) is 14.0 Å². The molecule has 2 aromatic carbocycles. The maximum Gasteiger partial charge on any atom is 0.254 e. The number of carbonyl (C=O) groups excluding carboxylic acids is 2. The Morgan fingerprint density at radius 1 is 1.09 bits per heavy atom. The van der Waals surface area contributed by atoms with Crippen LogP contribution in [0.1, 0.15) is 53.5 Å². The lowest BCUT2D eigenvalue weighted by Gasteiger charge is -2.43. The van der Waals surface area contributed by atoms with Gasteiger partial charge in [0.2, 0.25) is 5.91 Å². The third-order valence-corrected chi connectivity index (χ3v) is 6.76. The summed E-state index contributed by atoms with van der Waals surface area (Å²) in [5.41, 5.74) is 1.98. The van der Waals surface area contributed by atoms with Crippen LogP contribution in [0.4, 0.5) is 10.1 Å². The molecule has 0 spiro atoms. The number of fused-ring (bicyclic) bond motifs is 1. The molecular formula is C26H27FN2O2S. The molecule has 6 heteroatoms. The average molecular weight is 451 g/mol. The highest BCUT2D eigenvalue weighted by Crippen LogP contribution is 2.45. The fraction of sp³-hybridized carbons (Fsp3) is 0.308. The number of amides is 2. The molecule has 166 valence electrons. The Hall–Kier alpha value is -2.99. The lowest BCUT2D eigenvalue weighted by molar-refractivity contribution is -0.121. The molecule has 0 fully saturated rings. The van der Waals surface area contributed by atoms with Gasteiger partial charge in [-0.2, -0.15) is 0 Å². The zero-order chi connectivity index (χ0) is 22.8. The summed E-state index contributed by atoms with van der Waals surface area (Å²) in [6.45, 7) is 7.06. The number of carbonyl (C=O) groups is 2. The first-order valence-corrected chi connectivity index (χ1v) is 11.8. The largest absolute Gasteiger partial charge is 0.329 e. The molecule has 32 heavy (non-hydrogen) atoms. The van der Waals surface area contributed by atoms with Crippen LogP contribution >= 0.6 is 11.3 Å². The molecule has 4 rings (SSSR count). The van der Waals surface area contributed by atoms with Crippen LogP contribution in [0.2, 0.25) is 0 Å². The molecule has 1 aromatic heterocycles. The van der Waals surface area contributed by atoms with E-state index in [4.69, 9.17) is 0 Å². The number of hydrogen-bond donors (Lipinski definition) is 0. The van der Waals surface area contributed by atoms with Crippen LogP contribution in [-0.2, 0) is 4.79 Å². The fourth-order valence-corrected chi connectivity index (χ4v) is 5.36. The molecule has 0 unspecified atom stereocenters. The van der Waals surface area contributed by atoms with E-state index < -0.39 is 5.92 Å². The Balaban J connectivity index is 1.87. The van der Waals surface area contributed by atoms with Crippen molar-refractivity contribution in [2.24, 2.45) is 5.92 Å². The van der Waals surface area contributed by atoms with Gasteiger partial charge in [0.05, 0.1) is 12.0 Å². The third-order valence-electron chi connectivity index (χ3n) is 5.82. The smallest absolute Gasteiger partial charge is 0.254 e. The van der Waals surface area contributed by atoms with E-state index >= 15 is 0 Å². The normalized spacial score (nSPS) is 18.0. The van der Waals surface area contributed by atoms with Crippen LogP contribution in [0.3, 0.4) is 0 Å². The van der Waals surface area contributed by atoms with Gasteiger partial charge in [0.15, 0.2) is 0 Å². The van der Waals surface area contributed by atoms with Crippen LogP contribution in [-0.4, -0.2) is 29.8 Å². The SMILES string of the molecule is CCN(C(=O)[C@@H]1c2ccccc2C(=O)N(CC(C)C)[C@@H]1c1cccs1)c1ccc(F)cc1. The van der Waals surface area contributed by atoms with Crippen molar-refractivity contribution < 1.29 is 14.0 Å². The van der Waals surface area contributed by atoms with Crippen molar-refractivity contribution in [1.82, 2.24) is 4.90 Å². The van der Waals surface area contributed by atoms with Gasteiger partial charge in [0, 0.05) is 29.2 Å². The van der Waals surface area contributed by atoms with Gasteiger partial charge >= 0.3 is 0 Å². The van der Waals surface area contributed by atoms with Crippen molar-refractivity contribution in [3.05, 3.63) is 87.9 Å². The first kappa shape index (κ1) is 22.2. The molecular weight excluding hydrogens is 423 g/mol. The predicted octanol–water partition coefficient (Wildman–Crippen LogP) is 5.88. The topological polar surface area (TPSA) is 40.6 Å². The minimum atomic E-state index is -0.550. The highest BCUT2D eigenvalue weighted by Gasteiger charge is 2.46. The summed E-state index contributed by atoms with van der Waals surface area (Å²) in [6, 6.07) is 17.0. The second-order valence-corrected chi connectivity index (χ2v) is 9.41. The first-order chi connectivity index (χ1) is 15.4. The van der Waals surface area contributed by atoms with Gasteiger partial charge in [-0.15, -0.1) is 11.3 Å². The Morgan fingerprint density at radius 3 is 2.44 bits per heavy atom. The third kappa shape index (κ3) is 4.07. The standard InChI is InChI=1S/C26H27FN2O2S/c1-4-28(19-13-11-18(27)12-14-19)26(31)23-20-8-5-6-9-21(20)25(30)29(16-17(2)3)24(23)22-10-7-15-32-22/h5-15,17,23-24H,4,16H2,1-3H3/t23-,24-/m1/s1. The van der Waals surface area contributed by atoms with Crippen molar-refractivity contribution in [2.45, 2.75) is 32.7 Å². The summed E-state index contributed by atoms with van der Waals surface area (Å²) in [5, 5.41) is 1.98. The molecule has 0 bridgehead atoms. The van der Waals surface area contributed by atoms with E-state index in [0.29, 0.717) is 24.3 Å². The Bertz CT molecular complexity index is 1100. The molecule has 1 aliphatic rings. The van der Waals surface area contributed by atoms with Gasteiger partial charge in [-0.05, 0) is 60.2 Å². The van der Waals surface area contributed by atoms with E-state index in [2.05, 4.69) is 13.8 Å².